The second-order valence-electron chi connectivity index (χ2n) is 5.05. The lowest BCUT2D eigenvalue weighted by atomic mass is 9.75. The molecule has 0 aromatic carbocycles. The third-order valence-electron chi connectivity index (χ3n) is 3.60. The number of anilines is 2. The molecule has 1 heterocycles. The van der Waals surface area contributed by atoms with E-state index in [9.17, 15) is 4.79 Å². The average Bonchev–Trinajstić information content (AvgIpc) is 2.66. The predicted octanol–water partition coefficient (Wildman–Crippen LogP) is 1.85. The summed E-state index contributed by atoms with van der Waals surface area (Å²) in [5.74, 6) is 0.242. The first-order valence-corrected chi connectivity index (χ1v) is 7.05. The van der Waals surface area contributed by atoms with Gasteiger partial charge in [-0.2, -0.15) is 0 Å². The fourth-order valence-electron chi connectivity index (χ4n) is 2.14. The third kappa shape index (κ3) is 2.29. The smallest absolute Gasteiger partial charge is 0.265 e. The number of thiazole rings is 1. The molecule has 18 heavy (non-hydrogen) atoms. The predicted molar refractivity (Wildman–Crippen MR) is 75.2 cm³/mol. The minimum atomic E-state index is -0.0837. The lowest BCUT2D eigenvalue weighted by Crippen LogP contribution is -2.52. The molecule has 1 aliphatic rings. The van der Waals surface area contributed by atoms with E-state index < -0.39 is 0 Å². The van der Waals surface area contributed by atoms with Gasteiger partial charge in [-0.1, -0.05) is 18.3 Å². The first-order chi connectivity index (χ1) is 8.47. The van der Waals surface area contributed by atoms with E-state index in [0.29, 0.717) is 10.7 Å². The number of nitrogens with zero attached hydrogens (tertiary/aromatic N) is 2. The Bertz CT molecular complexity index is 445. The number of nitrogens with two attached hydrogens (primary N) is 1. The van der Waals surface area contributed by atoms with Crippen LogP contribution in [0.25, 0.3) is 0 Å². The number of rotatable bonds is 4. The van der Waals surface area contributed by atoms with Crippen molar-refractivity contribution in [2.75, 3.05) is 24.7 Å². The molecule has 1 aliphatic carbocycles. The van der Waals surface area contributed by atoms with E-state index in [2.05, 4.69) is 17.2 Å². The fraction of sp³-hybridized carbons (Fsp3) is 0.667. The van der Waals surface area contributed by atoms with Crippen molar-refractivity contribution in [3.8, 4) is 0 Å². The highest BCUT2D eigenvalue weighted by Gasteiger charge is 2.37. The van der Waals surface area contributed by atoms with Crippen molar-refractivity contribution in [1.29, 1.82) is 0 Å². The van der Waals surface area contributed by atoms with Gasteiger partial charge in [0.15, 0.2) is 5.13 Å². The van der Waals surface area contributed by atoms with E-state index >= 15 is 0 Å². The molecule has 0 unspecified atom stereocenters. The summed E-state index contributed by atoms with van der Waals surface area (Å²) in [6, 6.07) is 0. The summed E-state index contributed by atoms with van der Waals surface area (Å²) >= 11 is 1.34. The van der Waals surface area contributed by atoms with Gasteiger partial charge < -0.3 is 16.0 Å². The van der Waals surface area contributed by atoms with E-state index in [1.807, 2.05) is 19.0 Å². The van der Waals surface area contributed by atoms with Gasteiger partial charge in [0.2, 0.25) is 0 Å². The third-order valence-corrected chi connectivity index (χ3v) is 4.83. The van der Waals surface area contributed by atoms with Gasteiger partial charge >= 0.3 is 0 Å². The lowest BCUT2D eigenvalue weighted by molar-refractivity contribution is 0.0825. The number of nitrogens with one attached hydrogen (secondary N) is 1. The van der Waals surface area contributed by atoms with Crippen LogP contribution in [0.15, 0.2) is 0 Å². The number of amides is 1. The monoisotopic (exact) mass is 268 g/mol. The van der Waals surface area contributed by atoms with Gasteiger partial charge in [-0.15, -0.1) is 0 Å². The number of hydrogen-bond acceptors (Lipinski definition) is 5. The largest absolute Gasteiger partial charge is 0.382 e. The molecule has 0 spiro atoms. The van der Waals surface area contributed by atoms with Crippen molar-refractivity contribution in [3.63, 3.8) is 0 Å². The highest BCUT2D eigenvalue weighted by Crippen LogP contribution is 2.36. The lowest BCUT2D eigenvalue weighted by Gasteiger charge is -2.41. The van der Waals surface area contributed by atoms with Crippen LogP contribution in [0.3, 0.4) is 0 Å². The molecule has 1 aromatic heterocycles. The van der Waals surface area contributed by atoms with Gasteiger partial charge in [-0.3, -0.25) is 4.79 Å². The van der Waals surface area contributed by atoms with Crippen LogP contribution in [0.5, 0.6) is 0 Å². The zero-order chi connectivity index (χ0) is 13.3. The fourth-order valence-corrected chi connectivity index (χ4v) is 2.95. The van der Waals surface area contributed by atoms with Gasteiger partial charge in [0.05, 0.1) is 0 Å². The molecule has 0 saturated heterocycles. The zero-order valence-corrected chi connectivity index (χ0v) is 11.9. The number of carbonyl (C=O) groups excluding carboxylic acids is 1. The SMILES string of the molecule is CCC1(NC(=O)c2sc(N(C)C)nc2N)CCC1. The molecule has 0 radical (unpaired) electrons. The number of carbonyl (C=O) groups is 1. The summed E-state index contributed by atoms with van der Waals surface area (Å²) < 4.78 is 0. The first kappa shape index (κ1) is 13.1. The molecule has 3 N–H and O–H groups in total. The molecule has 0 bridgehead atoms. The van der Waals surface area contributed by atoms with Crippen molar-refractivity contribution in [3.05, 3.63) is 4.88 Å². The zero-order valence-electron chi connectivity index (χ0n) is 11.1. The second-order valence-corrected chi connectivity index (χ2v) is 6.02. The van der Waals surface area contributed by atoms with E-state index in [0.717, 1.165) is 24.4 Å². The number of hydrogen-bond donors (Lipinski definition) is 2. The molecule has 1 fully saturated rings. The topological polar surface area (TPSA) is 71.2 Å². The van der Waals surface area contributed by atoms with Crippen LogP contribution < -0.4 is 16.0 Å². The van der Waals surface area contributed by atoms with Crippen LogP contribution >= 0.6 is 11.3 Å². The molecular weight excluding hydrogens is 248 g/mol. The normalized spacial score (nSPS) is 17.1. The molecular formula is C12H20N4OS. The molecule has 6 heteroatoms. The van der Waals surface area contributed by atoms with Crippen LogP contribution in [0, 0.1) is 0 Å². The highest BCUT2D eigenvalue weighted by atomic mass is 32.1. The Labute approximate surface area is 111 Å². The maximum atomic E-state index is 12.2. The van der Waals surface area contributed by atoms with Crippen molar-refractivity contribution in [1.82, 2.24) is 10.3 Å². The summed E-state index contributed by atoms with van der Waals surface area (Å²) in [5, 5.41) is 3.88. The maximum Gasteiger partial charge on any atom is 0.265 e. The minimum Gasteiger partial charge on any atom is -0.382 e. The maximum absolute atomic E-state index is 12.2. The van der Waals surface area contributed by atoms with E-state index in [1.165, 1.54) is 17.8 Å². The summed E-state index contributed by atoms with van der Waals surface area (Å²) in [4.78, 5) is 18.8. The van der Waals surface area contributed by atoms with Crippen molar-refractivity contribution < 1.29 is 4.79 Å². The van der Waals surface area contributed by atoms with Gasteiger partial charge in [0.25, 0.3) is 5.91 Å². The summed E-state index contributed by atoms with van der Waals surface area (Å²) in [5.41, 5.74) is 5.80. The van der Waals surface area contributed by atoms with Gasteiger partial charge in [0.1, 0.15) is 10.7 Å². The van der Waals surface area contributed by atoms with Gasteiger partial charge in [-0.05, 0) is 25.7 Å². The van der Waals surface area contributed by atoms with E-state index in [-0.39, 0.29) is 11.4 Å². The Balaban J connectivity index is 2.13. The van der Waals surface area contributed by atoms with Gasteiger partial charge in [0, 0.05) is 19.6 Å². The van der Waals surface area contributed by atoms with Crippen molar-refractivity contribution >= 4 is 28.2 Å². The molecule has 1 saturated carbocycles. The van der Waals surface area contributed by atoms with Crippen LogP contribution in [-0.2, 0) is 0 Å². The molecule has 2 rings (SSSR count). The Morgan fingerprint density at radius 3 is 2.61 bits per heavy atom. The molecule has 1 aromatic rings. The quantitative estimate of drug-likeness (QED) is 0.874. The molecule has 5 nitrogen and oxygen atoms in total. The Kier molecular flexibility index (Phi) is 3.47. The Hall–Kier alpha value is -1.30. The Morgan fingerprint density at radius 2 is 2.22 bits per heavy atom. The summed E-state index contributed by atoms with van der Waals surface area (Å²) in [6.07, 6.45) is 4.29. The van der Waals surface area contributed by atoms with Crippen molar-refractivity contribution in [2.45, 2.75) is 38.1 Å². The molecule has 0 aliphatic heterocycles. The average molecular weight is 268 g/mol. The summed E-state index contributed by atoms with van der Waals surface area (Å²) in [6.45, 7) is 2.11. The van der Waals surface area contributed by atoms with Crippen LogP contribution in [0.1, 0.15) is 42.3 Å². The number of aromatic nitrogens is 1. The highest BCUT2D eigenvalue weighted by molar-refractivity contribution is 7.18. The Morgan fingerprint density at radius 1 is 1.56 bits per heavy atom. The van der Waals surface area contributed by atoms with Crippen LogP contribution in [0.2, 0.25) is 0 Å². The van der Waals surface area contributed by atoms with E-state index in [4.69, 9.17) is 5.73 Å². The van der Waals surface area contributed by atoms with Crippen LogP contribution in [0.4, 0.5) is 10.9 Å². The summed E-state index contributed by atoms with van der Waals surface area (Å²) in [7, 11) is 3.78. The number of nitrogen functional groups attached to an aromatic ring is 1. The molecule has 1 amide bonds. The standard InChI is InChI=1S/C12H20N4OS/c1-4-12(6-5-7-12)15-10(17)8-9(13)14-11(18-8)16(2)3/h4-7,13H2,1-3H3,(H,15,17). The van der Waals surface area contributed by atoms with E-state index in [1.54, 1.807) is 0 Å². The molecule has 0 atom stereocenters. The molecule has 100 valence electrons. The van der Waals surface area contributed by atoms with Gasteiger partial charge in [-0.25, -0.2) is 4.98 Å². The second kappa shape index (κ2) is 4.76. The van der Waals surface area contributed by atoms with Crippen molar-refractivity contribution in [2.24, 2.45) is 0 Å². The first-order valence-electron chi connectivity index (χ1n) is 6.23. The minimum absolute atomic E-state index is 0.00814. The van der Waals surface area contributed by atoms with Crippen LogP contribution in [-0.4, -0.2) is 30.5 Å².